The Morgan fingerprint density at radius 2 is 2.06 bits per heavy atom. The van der Waals surface area contributed by atoms with E-state index in [1.54, 1.807) is 32.0 Å². The monoisotopic (exact) mass is 505 g/mol. The van der Waals surface area contributed by atoms with Crippen LogP contribution in [0, 0.1) is 18.3 Å². The molecule has 2 heterocycles. The minimum atomic E-state index is -0.528. The molecule has 3 aromatic rings. The van der Waals surface area contributed by atoms with E-state index in [9.17, 15) is 14.9 Å². The standard InChI is InChI=1S/C22H17Cl2N3O3S2/c1-4-30-22(29)18-11(2)19(12(3)28)32-21(18)26-9-14(8-25)20-27-17(10-31-20)13-5-6-15(23)16(24)7-13/h5-7,9-10,26H,4H2,1-3H3/b14-9-. The summed E-state index contributed by atoms with van der Waals surface area (Å²) >= 11 is 14.5. The van der Waals surface area contributed by atoms with Crippen LogP contribution in [0.5, 0.6) is 0 Å². The van der Waals surface area contributed by atoms with Gasteiger partial charge < -0.3 is 10.1 Å². The van der Waals surface area contributed by atoms with Crippen LogP contribution in [-0.2, 0) is 4.74 Å². The Bertz CT molecular complexity index is 1270. The summed E-state index contributed by atoms with van der Waals surface area (Å²) in [6, 6.07) is 7.30. The maximum Gasteiger partial charge on any atom is 0.341 e. The molecule has 0 amide bonds. The Hall–Kier alpha value is -2.70. The number of nitriles is 1. The molecule has 2 aromatic heterocycles. The van der Waals surface area contributed by atoms with Crippen molar-refractivity contribution in [1.29, 1.82) is 5.26 Å². The molecular weight excluding hydrogens is 489 g/mol. The van der Waals surface area contributed by atoms with E-state index in [-0.39, 0.29) is 23.5 Å². The number of ether oxygens (including phenoxy) is 1. The van der Waals surface area contributed by atoms with Gasteiger partial charge in [0.15, 0.2) is 5.78 Å². The summed E-state index contributed by atoms with van der Waals surface area (Å²) in [5, 5.41) is 16.2. The van der Waals surface area contributed by atoms with Gasteiger partial charge in [-0.3, -0.25) is 4.79 Å². The summed E-state index contributed by atoms with van der Waals surface area (Å²) in [5.74, 6) is -0.680. The van der Waals surface area contributed by atoms with Crippen LogP contribution in [0.3, 0.4) is 0 Å². The van der Waals surface area contributed by atoms with Gasteiger partial charge in [0.05, 0.1) is 32.8 Å². The lowest BCUT2D eigenvalue weighted by molar-refractivity contribution is 0.0527. The Kier molecular flexibility index (Phi) is 7.69. The molecule has 0 fully saturated rings. The molecule has 0 bridgehead atoms. The number of rotatable bonds is 7. The van der Waals surface area contributed by atoms with Crippen molar-refractivity contribution in [2.75, 3.05) is 11.9 Å². The maximum atomic E-state index is 12.4. The smallest absolute Gasteiger partial charge is 0.341 e. The van der Waals surface area contributed by atoms with Crippen molar-refractivity contribution in [3.63, 3.8) is 0 Å². The Balaban J connectivity index is 1.93. The van der Waals surface area contributed by atoms with Crippen LogP contribution in [0.2, 0.25) is 10.0 Å². The number of thiazole rings is 1. The normalized spacial score (nSPS) is 11.2. The summed E-state index contributed by atoms with van der Waals surface area (Å²) in [6.45, 7) is 5.05. The minimum absolute atomic E-state index is 0.151. The van der Waals surface area contributed by atoms with Crippen molar-refractivity contribution in [3.8, 4) is 17.3 Å². The highest BCUT2D eigenvalue weighted by atomic mass is 35.5. The zero-order valence-corrected chi connectivity index (χ0v) is 20.4. The maximum absolute atomic E-state index is 12.4. The van der Waals surface area contributed by atoms with Gasteiger partial charge in [0.1, 0.15) is 21.7 Å². The number of ketones is 1. The van der Waals surface area contributed by atoms with E-state index >= 15 is 0 Å². The molecule has 164 valence electrons. The number of halogens is 2. The highest BCUT2D eigenvalue weighted by Crippen LogP contribution is 2.35. The number of anilines is 1. The van der Waals surface area contributed by atoms with Gasteiger partial charge in [-0.15, -0.1) is 22.7 Å². The highest BCUT2D eigenvalue weighted by molar-refractivity contribution is 7.18. The number of nitrogens with one attached hydrogen (secondary N) is 1. The number of thiophene rings is 1. The molecule has 3 rings (SSSR count). The third kappa shape index (κ3) is 5.03. The lowest BCUT2D eigenvalue weighted by Crippen LogP contribution is -2.08. The molecule has 0 radical (unpaired) electrons. The predicted octanol–water partition coefficient (Wildman–Crippen LogP) is 6.84. The van der Waals surface area contributed by atoms with Crippen molar-refractivity contribution in [2.24, 2.45) is 0 Å². The average Bonchev–Trinajstić information content (AvgIpc) is 3.36. The Morgan fingerprint density at radius 3 is 2.69 bits per heavy atom. The van der Waals surface area contributed by atoms with Gasteiger partial charge in [0.2, 0.25) is 0 Å². The molecule has 0 atom stereocenters. The second-order valence-corrected chi connectivity index (χ2v) is 9.21. The van der Waals surface area contributed by atoms with Crippen LogP contribution in [-0.4, -0.2) is 23.3 Å². The number of Topliss-reactive ketones (excluding diaryl/α,β-unsaturated/α-hetero) is 1. The van der Waals surface area contributed by atoms with Crippen LogP contribution in [0.15, 0.2) is 29.8 Å². The van der Waals surface area contributed by atoms with Gasteiger partial charge in [-0.2, -0.15) is 5.26 Å². The van der Waals surface area contributed by atoms with E-state index in [0.717, 1.165) is 16.9 Å². The quantitative estimate of drug-likeness (QED) is 0.214. The third-order valence-corrected chi connectivity index (χ3v) is 7.30. The van der Waals surface area contributed by atoms with E-state index in [0.29, 0.717) is 36.2 Å². The molecule has 6 nitrogen and oxygen atoms in total. The van der Waals surface area contributed by atoms with E-state index in [4.69, 9.17) is 27.9 Å². The topological polar surface area (TPSA) is 92.1 Å². The summed E-state index contributed by atoms with van der Waals surface area (Å²) < 4.78 is 5.13. The zero-order chi connectivity index (χ0) is 23.4. The van der Waals surface area contributed by atoms with Gasteiger partial charge in [0.25, 0.3) is 0 Å². The number of aromatic nitrogens is 1. The summed E-state index contributed by atoms with van der Waals surface area (Å²) in [6.07, 6.45) is 1.47. The number of carbonyl (C=O) groups is 2. The zero-order valence-electron chi connectivity index (χ0n) is 17.3. The van der Waals surface area contributed by atoms with Crippen molar-refractivity contribution in [1.82, 2.24) is 4.98 Å². The number of benzene rings is 1. The van der Waals surface area contributed by atoms with Crippen molar-refractivity contribution in [2.45, 2.75) is 20.8 Å². The second kappa shape index (κ2) is 10.3. The number of carbonyl (C=O) groups excluding carboxylic acids is 2. The molecule has 10 heteroatoms. The minimum Gasteiger partial charge on any atom is -0.462 e. The first-order valence-corrected chi connectivity index (χ1v) is 11.8. The van der Waals surface area contributed by atoms with Gasteiger partial charge in [-0.25, -0.2) is 9.78 Å². The number of allylic oxidation sites excluding steroid dienone is 1. The van der Waals surface area contributed by atoms with E-state index in [1.807, 2.05) is 5.38 Å². The summed E-state index contributed by atoms with van der Waals surface area (Å²) in [4.78, 5) is 29.4. The molecule has 0 saturated heterocycles. The van der Waals surface area contributed by atoms with Crippen molar-refractivity contribution in [3.05, 3.63) is 60.8 Å². The number of hydrogen-bond donors (Lipinski definition) is 1. The molecule has 0 saturated carbocycles. The first-order chi connectivity index (χ1) is 15.3. The number of nitrogens with zero attached hydrogens (tertiary/aromatic N) is 2. The molecule has 0 aliphatic rings. The van der Waals surface area contributed by atoms with Crippen LogP contribution >= 0.6 is 45.9 Å². The van der Waals surface area contributed by atoms with Crippen LogP contribution in [0.4, 0.5) is 5.00 Å². The molecule has 32 heavy (non-hydrogen) atoms. The number of hydrogen-bond acceptors (Lipinski definition) is 8. The van der Waals surface area contributed by atoms with Crippen LogP contribution in [0.25, 0.3) is 16.8 Å². The largest absolute Gasteiger partial charge is 0.462 e. The molecule has 1 N–H and O–H groups in total. The molecule has 0 spiro atoms. The van der Waals surface area contributed by atoms with E-state index in [1.165, 1.54) is 24.5 Å². The first kappa shape index (κ1) is 24.0. The highest BCUT2D eigenvalue weighted by Gasteiger charge is 2.24. The van der Waals surface area contributed by atoms with Crippen LogP contribution < -0.4 is 5.32 Å². The van der Waals surface area contributed by atoms with E-state index in [2.05, 4.69) is 16.4 Å². The Labute approximate surface area is 203 Å². The first-order valence-electron chi connectivity index (χ1n) is 9.36. The molecular formula is C22H17Cl2N3O3S2. The average molecular weight is 506 g/mol. The van der Waals surface area contributed by atoms with Gasteiger partial charge in [-0.05, 0) is 38.5 Å². The fourth-order valence-corrected chi connectivity index (χ4v) is 5.02. The van der Waals surface area contributed by atoms with Gasteiger partial charge >= 0.3 is 5.97 Å². The SMILES string of the molecule is CCOC(=O)c1c(N/C=C(/C#N)c2nc(-c3ccc(Cl)c(Cl)c3)cs2)sc(C(C)=O)c1C. The lowest BCUT2D eigenvalue weighted by atomic mass is 10.1. The lowest BCUT2D eigenvalue weighted by Gasteiger charge is -2.05. The third-order valence-electron chi connectivity index (χ3n) is 4.36. The van der Waals surface area contributed by atoms with Crippen LogP contribution in [0.1, 0.15) is 44.4 Å². The van der Waals surface area contributed by atoms with Crippen molar-refractivity contribution < 1.29 is 14.3 Å². The van der Waals surface area contributed by atoms with Gasteiger partial charge in [0, 0.05) is 17.1 Å². The molecule has 0 aliphatic heterocycles. The van der Waals surface area contributed by atoms with E-state index < -0.39 is 5.97 Å². The Morgan fingerprint density at radius 1 is 1.31 bits per heavy atom. The second-order valence-electron chi connectivity index (χ2n) is 6.52. The number of esters is 1. The molecule has 0 unspecified atom stereocenters. The van der Waals surface area contributed by atoms with Crippen molar-refractivity contribution >= 4 is 68.2 Å². The fourth-order valence-electron chi connectivity index (χ4n) is 2.87. The predicted molar refractivity (Wildman–Crippen MR) is 130 cm³/mol. The molecule has 0 aliphatic carbocycles. The summed E-state index contributed by atoms with van der Waals surface area (Å²) in [5.41, 5.74) is 2.53. The fraction of sp³-hybridized carbons (Fsp3) is 0.182. The molecule has 1 aromatic carbocycles. The summed E-state index contributed by atoms with van der Waals surface area (Å²) in [7, 11) is 0. The van der Waals surface area contributed by atoms with Gasteiger partial charge in [-0.1, -0.05) is 29.3 Å².